The zero-order valence-corrected chi connectivity index (χ0v) is 10.4. The number of dihydropyridines is 1. The molecule has 1 aliphatic heterocycles. The number of carbonyl (C=O) groups excluding carboxylic acids is 2. The maximum atomic E-state index is 11.5. The minimum Gasteiger partial charge on any atom is -0.443 e. The molecule has 0 aromatic heterocycles. The van der Waals surface area contributed by atoms with Crippen molar-refractivity contribution in [2.75, 3.05) is 0 Å². The van der Waals surface area contributed by atoms with Crippen molar-refractivity contribution < 1.29 is 14.3 Å². The molecule has 0 fully saturated rings. The van der Waals surface area contributed by atoms with Crippen molar-refractivity contribution in [3.63, 3.8) is 0 Å². The first-order valence-electron chi connectivity index (χ1n) is 5.72. The van der Waals surface area contributed by atoms with Crippen LogP contribution in [0, 0.1) is 0 Å². The summed E-state index contributed by atoms with van der Waals surface area (Å²) in [6.07, 6.45) is 2.27. The minimum absolute atomic E-state index is 0.0105. The summed E-state index contributed by atoms with van der Waals surface area (Å²) in [6, 6.07) is 9.23. The number of hydrogen-bond acceptors (Lipinski definition) is 3. The number of hydrogen-bond donors (Lipinski definition) is 0. The molecule has 19 heavy (non-hydrogen) atoms. The van der Waals surface area contributed by atoms with Gasteiger partial charge in [-0.3, -0.25) is 4.79 Å². The van der Waals surface area contributed by atoms with E-state index < -0.39 is 12.0 Å². The van der Waals surface area contributed by atoms with Gasteiger partial charge >= 0.3 is 6.09 Å². The quantitative estimate of drug-likeness (QED) is 0.815. The van der Waals surface area contributed by atoms with Crippen LogP contribution in [0.5, 0.6) is 0 Å². The van der Waals surface area contributed by atoms with Crippen LogP contribution in [0.15, 0.2) is 52.5 Å². The molecule has 0 spiro atoms. The highest BCUT2D eigenvalue weighted by molar-refractivity contribution is 6.48. The van der Waals surface area contributed by atoms with Crippen molar-refractivity contribution in [3.05, 3.63) is 48.0 Å². The van der Waals surface area contributed by atoms with Crippen molar-refractivity contribution in [3.8, 4) is 0 Å². The Bertz CT molecular complexity index is 586. The van der Waals surface area contributed by atoms with Crippen LogP contribution < -0.4 is 0 Å². The number of amides is 2. The Morgan fingerprint density at radius 3 is 2.68 bits per heavy atom. The summed E-state index contributed by atoms with van der Waals surface area (Å²) >= 11 is 0. The van der Waals surface area contributed by atoms with E-state index in [2.05, 4.69) is 9.98 Å². The lowest BCUT2D eigenvalue weighted by molar-refractivity contribution is -0.111. The molecule has 0 saturated heterocycles. The first kappa shape index (κ1) is 12.9. The molecule has 0 atom stereocenters. The molecular weight excluding hydrogens is 244 g/mol. The van der Waals surface area contributed by atoms with Crippen LogP contribution in [0.1, 0.15) is 12.5 Å². The van der Waals surface area contributed by atoms with E-state index in [1.807, 2.05) is 30.3 Å². The topological polar surface area (TPSA) is 68.1 Å². The Morgan fingerprint density at radius 2 is 2.00 bits per heavy atom. The summed E-state index contributed by atoms with van der Waals surface area (Å²) in [6.45, 7) is 1.82. The van der Waals surface area contributed by atoms with E-state index in [1.54, 1.807) is 13.0 Å². The highest BCUT2D eigenvalue weighted by Crippen LogP contribution is 2.03. The number of rotatable bonds is 2. The van der Waals surface area contributed by atoms with Gasteiger partial charge < -0.3 is 4.74 Å². The van der Waals surface area contributed by atoms with Crippen molar-refractivity contribution in [2.24, 2.45) is 9.98 Å². The van der Waals surface area contributed by atoms with E-state index >= 15 is 0 Å². The van der Waals surface area contributed by atoms with E-state index in [4.69, 9.17) is 4.74 Å². The molecule has 5 nitrogen and oxygen atoms in total. The Balaban J connectivity index is 1.95. The van der Waals surface area contributed by atoms with Crippen molar-refractivity contribution in [1.29, 1.82) is 0 Å². The van der Waals surface area contributed by atoms with Crippen molar-refractivity contribution in [1.82, 2.24) is 0 Å². The van der Waals surface area contributed by atoms with E-state index in [1.165, 1.54) is 6.08 Å². The SMILES string of the molecule is CC1=NC(=O)/C(=N/C(=O)OCc2ccccc2)C=C1. The third-order valence-corrected chi connectivity index (χ3v) is 2.40. The average molecular weight is 256 g/mol. The van der Waals surface area contributed by atoms with Gasteiger partial charge in [0.2, 0.25) is 0 Å². The fraction of sp³-hybridized carbons (Fsp3) is 0.143. The van der Waals surface area contributed by atoms with Gasteiger partial charge in [0.15, 0.2) is 0 Å². The van der Waals surface area contributed by atoms with E-state index in [9.17, 15) is 9.59 Å². The second-order valence-corrected chi connectivity index (χ2v) is 3.93. The lowest BCUT2D eigenvalue weighted by atomic mass is 10.2. The summed E-state index contributed by atoms with van der Waals surface area (Å²) in [4.78, 5) is 30.2. The Labute approximate surface area is 110 Å². The van der Waals surface area contributed by atoms with Gasteiger partial charge in [0.1, 0.15) is 12.3 Å². The Hall–Kier alpha value is -2.56. The lowest BCUT2D eigenvalue weighted by Gasteiger charge is -2.04. The molecule has 1 aromatic rings. The molecule has 2 rings (SSSR count). The lowest BCUT2D eigenvalue weighted by Crippen LogP contribution is -2.17. The van der Waals surface area contributed by atoms with E-state index in [-0.39, 0.29) is 12.3 Å². The molecule has 96 valence electrons. The molecule has 1 aliphatic rings. The normalized spacial score (nSPS) is 16.4. The second-order valence-electron chi connectivity index (χ2n) is 3.93. The van der Waals surface area contributed by atoms with Gasteiger partial charge in [0, 0.05) is 5.71 Å². The van der Waals surface area contributed by atoms with Gasteiger partial charge in [-0.1, -0.05) is 30.3 Å². The fourth-order valence-corrected chi connectivity index (χ4v) is 1.46. The highest BCUT2D eigenvalue weighted by Gasteiger charge is 2.14. The monoisotopic (exact) mass is 256 g/mol. The zero-order valence-electron chi connectivity index (χ0n) is 10.4. The molecule has 0 saturated carbocycles. The van der Waals surface area contributed by atoms with Gasteiger partial charge in [-0.25, -0.2) is 9.79 Å². The first-order valence-corrected chi connectivity index (χ1v) is 5.72. The van der Waals surface area contributed by atoms with Gasteiger partial charge in [0.25, 0.3) is 5.91 Å². The molecule has 1 heterocycles. The maximum absolute atomic E-state index is 11.5. The Morgan fingerprint density at radius 1 is 1.26 bits per heavy atom. The molecule has 2 amide bonds. The minimum atomic E-state index is -0.799. The predicted molar refractivity (Wildman–Crippen MR) is 71.3 cm³/mol. The molecule has 0 aliphatic carbocycles. The summed E-state index contributed by atoms with van der Waals surface area (Å²) in [5, 5.41) is 0. The Kier molecular flexibility index (Phi) is 3.97. The van der Waals surface area contributed by atoms with Crippen LogP contribution in [-0.4, -0.2) is 23.4 Å². The molecule has 0 unspecified atom stereocenters. The molecule has 5 heteroatoms. The zero-order chi connectivity index (χ0) is 13.7. The summed E-state index contributed by atoms with van der Waals surface area (Å²) < 4.78 is 4.94. The van der Waals surface area contributed by atoms with Crippen LogP contribution in [0.4, 0.5) is 4.79 Å². The van der Waals surface area contributed by atoms with E-state index in [0.29, 0.717) is 5.71 Å². The molecular formula is C14H12N2O3. The van der Waals surface area contributed by atoms with Gasteiger partial charge in [-0.15, -0.1) is 0 Å². The molecule has 0 N–H and O–H groups in total. The predicted octanol–water partition coefficient (Wildman–Crippen LogP) is 2.32. The average Bonchev–Trinajstić information content (AvgIpc) is 2.41. The van der Waals surface area contributed by atoms with Crippen LogP contribution in [-0.2, 0) is 16.1 Å². The van der Waals surface area contributed by atoms with Gasteiger partial charge in [-0.2, -0.15) is 4.99 Å². The molecule has 1 aromatic carbocycles. The third kappa shape index (κ3) is 3.70. The molecule has 0 radical (unpaired) electrons. The van der Waals surface area contributed by atoms with Gasteiger partial charge in [-0.05, 0) is 24.6 Å². The summed E-state index contributed by atoms with van der Waals surface area (Å²) in [7, 11) is 0. The largest absolute Gasteiger partial charge is 0.443 e. The van der Waals surface area contributed by atoms with Gasteiger partial charge in [0.05, 0.1) is 0 Å². The number of carbonyl (C=O) groups is 2. The van der Waals surface area contributed by atoms with Crippen LogP contribution in [0.25, 0.3) is 0 Å². The smallest absolute Gasteiger partial charge is 0.434 e. The number of aliphatic imine (C=N–C) groups is 2. The standard InChI is InChI=1S/C14H12N2O3/c1-10-7-8-12(13(17)15-10)16-14(18)19-9-11-5-3-2-4-6-11/h2-8H,9H2,1H3/b16-12+. The number of nitrogens with zero attached hydrogens (tertiary/aromatic N) is 2. The number of ether oxygens (including phenoxy) is 1. The number of benzene rings is 1. The summed E-state index contributed by atoms with van der Waals surface area (Å²) in [5.41, 5.74) is 1.43. The fourth-order valence-electron chi connectivity index (χ4n) is 1.46. The summed E-state index contributed by atoms with van der Waals surface area (Å²) in [5.74, 6) is -0.531. The maximum Gasteiger partial charge on any atom is 0.434 e. The first-order chi connectivity index (χ1) is 9.15. The highest BCUT2D eigenvalue weighted by atomic mass is 16.5. The van der Waals surface area contributed by atoms with Crippen LogP contribution in [0.2, 0.25) is 0 Å². The van der Waals surface area contributed by atoms with Crippen LogP contribution in [0.3, 0.4) is 0 Å². The van der Waals surface area contributed by atoms with Crippen molar-refractivity contribution in [2.45, 2.75) is 13.5 Å². The third-order valence-electron chi connectivity index (χ3n) is 2.40. The van der Waals surface area contributed by atoms with Crippen molar-refractivity contribution >= 4 is 23.4 Å². The van der Waals surface area contributed by atoms with Crippen LogP contribution >= 0.6 is 0 Å². The van der Waals surface area contributed by atoms with E-state index in [0.717, 1.165) is 5.56 Å². The number of allylic oxidation sites excluding steroid dienone is 1. The second kappa shape index (κ2) is 5.86. The molecule has 0 bridgehead atoms.